The molecule has 0 amide bonds. The molecule has 23 heavy (non-hydrogen) atoms. The molecule has 0 bridgehead atoms. The van der Waals surface area contributed by atoms with Crippen molar-refractivity contribution in [3.05, 3.63) is 59.4 Å². The summed E-state index contributed by atoms with van der Waals surface area (Å²) in [4.78, 5) is 0. The molecule has 0 spiro atoms. The molecule has 1 saturated heterocycles. The van der Waals surface area contributed by atoms with E-state index in [1.807, 2.05) is 38.2 Å². The molecule has 0 radical (unpaired) electrons. The van der Waals surface area contributed by atoms with Crippen LogP contribution in [0.3, 0.4) is 0 Å². The van der Waals surface area contributed by atoms with Crippen LogP contribution in [0, 0.1) is 12.3 Å². The summed E-state index contributed by atoms with van der Waals surface area (Å²) in [5.74, 6) is 2.34. The van der Waals surface area contributed by atoms with Crippen molar-refractivity contribution in [2.45, 2.75) is 39.4 Å². The Kier molecular flexibility index (Phi) is 9.54. The zero-order valence-corrected chi connectivity index (χ0v) is 14.0. The first-order chi connectivity index (χ1) is 11.1. The first kappa shape index (κ1) is 19.0. The van der Waals surface area contributed by atoms with Crippen LogP contribution >= 0.6 is 0 Å². The Hall–Kier alpha value is -2.02. The predicted octanol–water partition coefficient (Wildman–Crippen LogP) is 4.61. The number of hydrogen-bond donors (Lipinski definition) is 1. The third-order valence-electron chi connectivity index (χ3n) is 3.29. The lowest BCUT2D eigenvalue weighted by atomic mass is 10.2. The third kappa shape index (κ3) is 9.57. The quantitative estimate of drug-likeness (QED) is 0.424. The minimum Gasteiger partial charge on any atom is -0.507 e. The highest BCUT2D eigenvalue weighted by atomic mass is 16.7. The van der Waals surface area contributed by atoms with E-state index in [1.54, 1.807) is 12.2 Å². The highest BCUT2D eigenvalue weighted by Crippen LogP contribution is 2.13. The van der Waals surface area contributed by atoms with Crippen molar-refractivity contribution in [2.24, 2.45) is 0 Å². The lowest BCUT2D eigenvalue weighted by Crippen LogP contribution is -2.22. The Balaban J connectivity index is 2.36. The van der Waals surface area contributed by atoms with E-state index in [4.69, 9.17) is 15.9 Å². The van der Waals surface area contributed by atoms with Gasteiger partial charge in [0.25, 0.3) is 0 Å². The van der Waals surface area contributed by atoms with Gasteiger partial charge in [-0.1, -0.05) is 47.4 Å². The van der Waals surface area contributed by atoms with Gasteiger partial charge in [0.2, 0.25) is 0 Å². The van der Waals surface area contributed by atoms with Gasteiger partial charge in [0.15, 0.2) is 6.29 Å². The van der Waals surface area contributed by atoms with E-state index < -0.39 is 0 Å². The van der Waals surface area contributed by atoms with E-state index in [0.29, 0.717) is 6.61 Å². The number of terminal acetylenes is 1. The predicted molar refractivity (Wildman–Crippen MR) is 94.9 cm³/mol. The van der Waals surface area contributed by atoms with Crippen molar-refractivity contribution >= 4 is 0 Å². The van der Waals surface area contributed by atoms with Crippen molar-refractivity contribution in [1.82, 2.24) is 0 Å². The molecule has 1 unspecified atom stereocenters. The van der Waals surface area contributed by atoms with Crippen LogP contribution in [0.25, 0.3) is 0 Å². The Bertz CT molecular complexity index is 536. The molecule has 0 aromatic carbocycles. The maximum absolute atomic E-state index is 9.37. The van der Waals surface area contributed by atoms with E-state index in [9.17, 15) is 5.11 Å². The molecule has 1 fully saturated rings. The summed E-state index contributed by atoms with van der Waals surface area (Å²) in [6.45, 7) is 5.35. The molecule has 1 atom stereocenters. The van der Waals surface area contributed by atoms with E-state index in [-0.39, 0.29) is 12.0 Å². The normalized spacial score (nSPS) is 21.1. The van der Waals surface area contributed by atoms with Gasteiger partial charge >= 0.3 is 0 Å². The molecule has 1 rings (SSSR count). The molecule has 3 heteroatoms. The Morgan fingerprint density at radius 1 is 1.26 bits per heavy atom. The number of hydrogen-bond acceptors (Lipinski definition) is 3. The number of aliphatic hydroxyl groups excluding tert-OH is 1. The Morgan fingerprint density at radius 2 is 2.09 bits per heavy atom. The van der Waals surface area contributed by atoms with Crippen LogP contribution in [-0.2, 0) is 9.47 Å². The fourth-order valence-electron chi connectivity index (χ4n) is 1.96. The molecule has 0 aliphatic carbocycles. The number of aliphatic hydroxyl groups is 1. The highest BCUT2D eigenvalue weighted by Gasteiger charge is 2.12. The summed E-state index contributed by atoms with van der Waals surface area (Å²) in [7, 11) is 0. The zero-order valence-electron chi connectivity index (χ0n) is 14.0. The second-order valence-corrected chi connectivity index (χ2v) is 5.42. The molecule has 1 aliphatic rings. The molecule has 0 saturated carbocycles. The van der Waals surface area contributed by atoms with Gasteiger partial charge in [0.05, 0.1) is 6.61 Å². The van der Waals surface area contributed by atoms with Crippen molar-refractivity contribution in [3.8, 4) is 12.3 Å². The molecular weight excluding hydrogens is 288 g/mol. The van der Waals surface area contributed by atoms with Crippen molar-refractivity contribution < 1.29 is 14.6 Å². The number of rotatable bonds is 7. The summed E-state index contributed by atoms with van der Waals surface area (Å²) in [5.41, 5.74) is 2.14. The van der Waals surface area contributed by atoms with Gasteiger partial charge in [-0.05, 0) is 39.2 Å². The van der Waals surface area contributed by atoms with Crippen LogP contribution in [0.15, 0.2) is 59.4 Å². The SMILES string of the molecule is C#C/C=C(O)\C=C\C(C)=CC=CC(C)=CCOC1CCCCO1. The first-order valence-electron chi connectivity index (χ1n) is 7.90. The molecule has 1 heterocycles. The van der Waals surface area contributed by atoms with Crippen molar-refractivity contribution in [3.63, 3.8) is 0 Å². The molecule has 124 valence electrons. The van der Waals surface area contributed by atoms with Gasteiger partial charge in [-0.25, -0.2) is 0 Å². The first-order valence-corrected chi connectivity index (χ1v) is 7.90. The largest absolute Gasteiger partial charge is 0.507 e. The third-order valence-corrected chi connectivity index (χ3v) is 3.29. The van der Waals surface area contributed by atoms with Crippen molar-refractivity contribution in [1.29, 1.82) is 0 Å². The monoisotopic (exact) mass is 314 g/mol. The summed E-state index contributed by atoms with van der Waals surface area (Å²) in [6.07, 6.45) is 21.0. The Morgan fingerprint density at radius 3 is 2.78 bits per heavy atom. The molecule has 1 aliphatic heterocycles. The van der Waals surface area contributed by atoms with Gasteiger partial charge < -0.3 is 14.6 Å². The van der Waals surface area contributed by atoms with E-state index in [0.717, 1.165) is 30.6 Å². The van der Waals surface area contributed by atoms with Gasteiger partial charge in [0.1, 0.15) is 5.76 Å². The van der Waals surface area contributed by atoms with Gasteiger partial charge in [-0.2, -0.15) is 0 Å². The van der Waals surface area contributed by atoms with E-state index >= 15 is 0 Å². The Labute approximate surface area is 139 Å². The second kappa shape index (κ2) is 11.5. The van der Waals surface area contributed by atoms with Crippen molar-refractivity contribution in [2.75, 3.05) is 13.2 Å². The van der Waals surface area contributed by atoms with E-state index in [2.05, 4.69) is 5.92 Å². The average molecular weight is 314 g/mol. The summed E-state index contributed by atoms with van der Waals surface area (Å²) < 4.78 is 11.2. The van der Waals surface area contributed by atoms with Gasteiger partial charge in [0, 0.05) is 12.7 Å². The maximum atomic E-state index is 9.37. The molecule has 1 N–H and O–H groups in total. The van der Waals surface area contributed by atoms with Crippen LogP contribution in [0.4, 0.5) is 0 Å². The topological polar surface area (TPSA) is 38.7 Å². The fourth-order valence-corrected chi connectivity index (χ4v) is 1.96. The minimum absolute atomic E-state index is 0.0483. The summed E-state index contributed by atoms with van der Waals surface area (Å²) >= 11 is 0. The lowest BCUT2D eigenvalue weighted by Gasteiger charge is -2.21. The van der Waals surface area contributed by atoms with Gasteiger partial charge in [-0.3, -0.25) is 0 Å². The van der Waals surface area contributed by atoms with Gasteiger partial charge in [-0.15, -0.1) is 6.42 Å². The van der Waals surface area contributed by atoms with E-state index in [1.165, 1.54) is 12.5 Å². The summed E-state index contributed by atoms with van der Waals surface area (Å²) in [6, 6.07) is 0. The van der Waals surface area contributed by atoms with Crippen LogP contribution in [0.1, 0.15) is 33.1 Å². The summed E-state index contributed by atoms with van der Waals surface area (Å²) in [5, 5.41) is 9.37. The molecule has 0 aromatic rings. The average Bonchev–Trinajstić information content (AvgIpc) is 2.54. The van der Waals surface area contributed by atoms with Crippen LogP contribution in [0.5, 0.6) is 0 Å². The minimum atomic E-state index is -0.0483. The van der Waals surface area contributed by atoms with Crippen LogP contribution in [-0.4, -0.2) is 24.6 Å². The highest BCUT2D eigenvalue weighted by molar-refractivity contribution is 5.30. The maximum Gasteiger partial charge on any atom is 0.157 e. The lowest BCUT2D eigenvalue weighted by molar-refractivity contribution is -0.155. The van der Waals surface area contributed by atoms with Crippen LogP contribution in [0.2, 0.25) is 0 Å². The standard InChI is InChI=1S/C20H26O3/c1-4-8-19(21)13-12-17(2)9-7-10-18(3)14-16-23-20-11-5-6-15-22-20/h1,7-10,12-14,20-21H,5-6,11,15-16H2,2-3H3/b10-7?,13-12+,17-9?,18-14?,19-8+. The molecule has 3 nitrogen and oxygen atoms in total. The smallest absolute Gasteiger partial charge is 0.157 e. The number of allylic oxidation sites excluding steroid dienone is 8. The second-order valence-electron chi connectivity index (χ2n) is 5.42. The number of ether oxygens (including phenoxy) is 2. The fraction of sp³-hybridized carbons (Fsp3) is 0.400. The molecule has 0 aromatic heterocycles. The molecular formula is C20H26O3. The zero-order chi connectivity index (χ0) is 16.9. The van der Waals surface area contributed by atoms with Crippen LogP contribution < -0.4 is 0 Å².